The van der Waals surface area contributed by atoms with Gasteiger partial charge in [-0.2, -0.15) is 0 Å². The Morgan fingerprint density at radius 3 is 2.29 bits per heavy atom. The summed E-state index contributed by atoms with van der Waals surface area (Å²) in [6.45, 7) is 1.73. The van der Waals surface area contributed by atoms with E-state index in [-0.39, 0.29) is 23.7 Å². The van der Waals surface area contributed by atoms with Crippen molar-refractivity contribution in [3.63, 3.8) is 0 Å². The zero-order chi connectivity index (χ0) is 12.6. The predicted molar refractivity (Wildman–Crippen MR) is 55.7 cm³/mol. The molecule has 17 heavy (non-hydrogen) atoms. The minimum atomic E-state index is -4.65. The molecule has 0 bridgehead atoms. The predicted octanol–water partition coefficient (Wildman–Crippen LogP) is 3.07. The van der Waals surface area contributed by atoms with E-state index in [4.69, 9.17) is 0 Å². The largest absolute Gasteiger partial charge is 0.573 e. The van der Waals surface area contributed by atoms with Crippen LogP contribution in [0.3, 0.4) is 0 Å². The van der Waals surface area contributed by atoms with Gasteiger partial charge in [-0.05, 0) is 42.9 Å². The van der Waals surface area contributed by atoms with E-state index in [1.807, 2.05) is 0 Å². The van der Waals surface area contributed by atoms with E-state index in [1.54, 1.807) is 19.1 Å². The number of rotatable bonds is 3. The lowest BCUT2D eigenvalue weighted by Crippen LogP contribution is -2.17. The van der Waals surface area contributed by atoms with Crippen molar-refractivity contribution in [3.8, 4) is 5.75 Å². The Morgan fingerprint density at radius 1 is 1.29 bits per heavy atom. The van der Waals surface area contributed by atoms with Crippen LogP contribution in [0.25, 0.3) is 0 Å². The van der Waals surface area contributed by atoms with Crippen molar-refractivity contribution >= 4 is 0 Å². The quantitative estimate of drug-likeness (QED) is 0.888. The molecule has 1 N–H and O–H groups in total. The van der Waals surface area contributed by atoms with Gasteiger partial charge in [0.2, 0.25) is 0 Å². The van der Waals surface area contributed by atoms with Gasteiger partial charge in [0.15, 0.2) is 0 Å². The maximum atomic E-state index is 11.9. The summed E-state index contributed by atoms with van der Waals surface area (Å²) >= 11 is 0. The van der Waals surface area contributed by atoms with Gasteiger partial charge in [-0.1, -0.05) is 12.1 Å². The molecule has 1 aliphatic rings. The SMILES string of the molecule is C[C@H](O)[C@@H]1C[C@H]1c1ccc(OC(F)(F)F)cc1. The maximum Gasteiger partial charge on any atom is 0.573 e. The molecule has 5 heteroatoms. The molecule has 2 nitrogen and oxygen atoms in total. The van der Waals surface area contributed by atoms with Crippen LogP contribution in [-0.2, 0) is 0 Å². The highest BCUT2D eigenvalue weighted by molar-refractivity contribution is 5.33. The van der Waals surface area contributed by atoms with Gasteiger partial charge >= 0.3 is 6.36 Å². The molecule has 1 saturated carbocycles. The van der Waals surface area contributed by atoms with Crippen LogP contribution in [0.1, 0.15) is 24.8 Å². The summed E-state index contributed by atoms with van der Waals surface area (Å²) in [5.41, 5.74) is 0.949. The van der Waals surface area contributed by atoms with Gasteiger partial charge in [0.05, 0.1) is 6.10 Å². The van der Waals surface area contributed by atoms with Crippen LogP contribution in [0.4, 0.5) is 13.2 Å². The number of aliphatic hydroxyl groups is 1. The summed E-state index contributed by atoms with van der Waals surface area (Å²) in [6, 6.07) is 5.85. The summed E-state index contributed by atoms with van der Waals surface area (Å²) in [5, 5.41) is 9.36. The van der Waals surface area contributed by atoms with Crippen molar-refractivity contribution in [1.82, 2.24) is 0 Å². The van der Waals surface area contributed by atoms with Crippen molar-refractivity contribution in [2.24, 2.45) is 5.92 Å². The van der Waals surface area contributed by atoms with Crippen LogP contribution >= 0.6 is 0 Å². The van der Waals surface area contributed by atoms with Gasteiger partial charge in [0.25, 0.3) is 0 Å². The second-order valence-corrected chi connectivity index (χ2v) is 4.36. The Kier molecular flexibility index (Phi) is 3.03. The first-order chi connectivity index (χ1) is 7.87. The Morgan fingerprint density at radius 2 is 1.88 bits per heavy atom. The summed E-state index contributed by atoms with van der Waals surface area (Å²) in [6.07, 6.45) is -4.13. The Hall–Kier alpha value is -1.23. The van der Waals surface area contributed by atoms with Gasteiger partial charge in [-0.15, -0.1) is 13.2 Å². The minimum Gasteiger partial charge on any atom is -0.406 e. The van der Waals surface area contributed by atoms with Crippen molar-refractivity contribution < 1.29 is 23.0 Å². The van der Waals surface area contributed by atoms with Gasteiger partial charge in [-0.3, -0.25) is 0 Å². The zero-order valence-electron chi connectivity index (χ0n) is 9.24. The molecule has 1 aromatic carbocycles. The molecule has 0 spiro atoms. The molecule has 1 fully saturated rings. The fourth-order valence-electron chi connectivity index (χ4n) is 2.05. The molecule has 0 aromatic heterocycles. The van der Waals surface area contributed by atoms with Crippen LogP contribution in [0.5, 0.6) is 5.75 Å². The highest BCUT2D eigenvalue weighted by Crippen LogP contribution is 2.49. The van der Waals surface area contributed by atoms with Gasteiger partial charge in [0.1, 0.15) is 5.75 Å². The lowest BCUT2D eigenvalue weighted by Gasteiger charge is -2.09. The van der Waals surface area contributed by atoms with Crippen LogP contribution in [0.15, 0.2) is 24.3 Å². The Bertz CT molecular complexity index is 384. The first-order valence-electron chi connectivity index (χ1n) is 5.40. The monoisotopic (exact) mass is 246 g/mol. The molecular formula is C12H13F3O2. The first kappa shape index (κ1) is 12.2. The van der Waals surface area contributed by atoms with Crippen LogP contribution in [-0.4, -0.2) is 17.6 Å². The van der Waals surface area contributed by atoms with E-state index in [1.165, 1.54) is 12.1 Å². The normalized spacial score (nSPS) is 25.5. The molecule has 1 aliphatic carbocycles. The summed E-state index contributed by atoms with van der Waals surface area (Å²) in [7, 11) is 0. The number of hydrogen-bond donors (Lipinski definition) is 1. The summed E-state index contributed by atoms with van der Waals surface area (Å²) in [5.74, 6) is 0.273. The molecule has 0 radical (unpaired) electrons. The van der Waals surface area contributed by atoms with Crippen molar-refractivity contribution in [2.75, 3.05) is 0 Å². The molecule has 2 rings (SSSR count). The van der Waals surface area contributed by atoms with E-state index < -0.39 is 6.36 Å². The second kappa shape index (κ2) is 4.22. The smallest absolute Gasteiger partial charge is 0.406 e. The second-order valence-electron chi connectivity index (χ2n) is 4.36. The number of ether oxygens (including phenoxy) is 1. The standard InChI is InChI=1S/C12H13F3O2/c1-7(16)10-6-11(10)8-2-4-9(5-3-8)17-12(13,14)15/h2-5,7,10-11,16H,6H2,1H3/t7-,10-,11-/m0/s1. The van der Waals surface area contributed by atoms with Crippen molar-refractivity contribution in [3.05, 3.63) is 29.8 Å². The Labute approximate surface area is 97.0 Å². The van der Waals surface area contributed by atoms with E-state index in [9.17, 15) is 18.3 Å². The van der Waals surface area contributed by atoms with Crippen molar-refractivity contribution in [1.29, 1.82) is 0 Å². The molecule has 0 amide bonds. The number of benzene rings is 1. The zero-order valence-corrected chi connectivity index (χ0v) is 9.24. The molecule has 1 aromatic rings. The molecule has 0 saturated heterocycles. The van der Waals surface area contributed by atoms with E-state index in [2.05, 4.69) is 4.74 Å². The van der Waals surface area contributed by atoms with E-state index in [0.717, 1.165) is 12.0 Å². The lowest BCUT2D eigenvalue weighted by molar-refractivity contribution is -0.274. The van der Waals surface area contributed by atoms with Crippen molar-refractivity contribution in [2.45, 2.75) is 31.7 Å². The maximum absolute atomic E-state index is 11.9. The topological polar surface area (TPSA) is 29.5 Å². The molecule has 0 heterocycles. The Balaban J connectivity index is 2.00. The summed E-state index contributed by atoms with van der Waals surface area (Å²) in [4.78, 5) is 0. The van der Waals surface area contributed by atoms with E-state index >= 15 is 0 Å². The van der Waals surface area contributed by atoms with Gasteiger partial charge in [0, 0.05) is 0 Å². The van der Waals surface area contributed by atoms with Crippen LogP contribution in [0, 0.1) is 5.92 Å². The third kappa shape index (κ3) is 3.12. The number of halogens is 3. The number of hydrogen-bond acceptors (Lipinski definition) is 2. The molecule has 0 unspecified atom stereocenters. The number of alkyl halides is 3. The van der Waals surface area contributed by atoms with Crippen LogP contribution in [0.2, 0.25) is 0 Å². The average Bonchev–Trinajstić information content (AvgIpc) is 2.96. The first-order valence-corrected chi connectivity index (χ1v) is 5.40. The number of aliphatic hydroxyl groups excluding tert-OH is 1. The average molecular weight is 246 g/mol. The fourth-order valence-corrected chi connectivity index (χ4v) is 2.05. The third-order valence-corrected chi connectivity index (χ3v) is 3.00. The highest BCUT2D eigenvalue weighted by atomic mass is 19.4. The van der Waals surface area contributed by atoms with Gasteiger partial charge in [-0.25, -0.2) is 0 Å². The van der Waals surface area contributed by atoms with Crippen LogP contribution < -0.4 is 4.74 Å². The van der Waals surface area contributed by atoms with E-state index in [0.29, 0.717) is 0 Å². The molecule has 0 aliphatic heterocycles. The third-order valence-electron chi connectivity index (χ3n) is 3.00. The molecule has 3 atom stereocenters. The lowest BCUT2D eigenvalue weighted by atomic mass is 10.1. The van der Waals surface area contributed by atoms with Gasteiger partial charge < -0.3 is 9.84 Å². The molecule has 94 valence electrons. The fraction of sp³-hybridized carbons (Fsp3) is 0.500. The minimum absolute atomic E-state index is 0.213. The molecular weight excluding hydrogens is 233 g/mol. The highest BCUT2D eigenvalue weighted by Gasteiger charge is 2.41. The summed E-state index contributed by atoms with van der Waals surface area (Å²) < 4.78 is 39.6.